The summed E-state index contributed by atoms with van der Waals surface area (Å²) in [4.78, 5) is 5.51. The number of nitrogens with two attached hydrogens (primary N) is 1. The number of pyridine rings is 1. The summed E-state index contributed by atoms with van der Waals surface area (Å²) in [6.07, 6.45) is 0.981. The van der Waals surface area contributed by atoms with Gasteiger partial charge in [0, 0.05) is 32.0 Å². The van der Waals surface area contributed by atoms with E-state index in [2.05, 4.69) is 4.98 Å². The molecule has 84 valence electrons. The van der Waals surface area contributed by atoms with Crippen LogP contribution in [0.25, 0.3) is 0 Å². The Morgan fingerprint density at radius 1 is 1.33 bits per heavy atom. The summed E-state index contributed by atoms with van der Waals surface area (Å²) in [5.74, 6) is 0. The lowest BCUT2D eigenvalue weighted by molar-refractivity contribution is 0.0862. The van der Waals surface area contributed by atoms with Gasteiger partial charge in [0.2, 0.25) is 0 Å². The smallest absolute Gasteiger partial charge is 0.251 e. The third-order valence-electron chi connectivity index (χ3n) is 2.00. The van der Waals surface area contributed by atoms with E-state index in [1.54, 1.807) is 17.3 Å². The van der Waals surface area contributed by atoms with Gasteiger partial charge in [-0.3, -0.25) is 9.88 Å². The Hall–Kier alpha value is -1.07. The fourth-order valence-corrected chi connectivity index (χ4v) is 1.36. The number of nitrogens with zero attached hydrogens (tertiary/aromatic N) is 2. The van der Waals surface area contributed by atoms with E-state index >= 15 is 0 Å². The number of aromatic nitrogens is 1. The molecule has 0 radical (unpaired) electrons. The van der Waals surface area contributed by atoms with Crippen LogP contribution >= 0.6 is 0 Å². The Bertz CT molecular complexity index is 267. The zero-order chi connectivity index (χ0) is 11.1. The van der Waals surface area contributed by atoms with E-state index in [0.717, 1.165) is 5.56 Å². The molecule has 0 bridgehead atoms. The minimum Gasteiger partial charge on any atom is -0.329 e. The first-order chi connectivity index (χ1) is 7.22. The predicted molar refractivity (Wildman–Crippen MR) is 54.6 cm³/mol. The molecule has 1 rings (SSSR count). The number of halogens is 2. The summed E-state index contributed by atoms with van der Waals surface area (Å²) in [6.45, 7) is 1.12. The maximum Gasteiger partial charge on any atom is 0.251 e. The molecule has 0 unspecified atom stereocenters. The molecule has 0 aromatic carbocycles. The lowest BCUT2D eigenvalue weighted by atomic mass is 10.2. The van der Waals surface area contributed by atoms with E-state index < -0.39 is 6.43 Å². The van der Waals surface area contributed by atoms with Crippen LogP contribution < -0.4 is 5.73 Å². The second-order valence-corrected chi connectivity index (χ2v) is 3.27. The molecule has 1 aromatic heterocycles. The minimum absolute atomic E-state index is 0.237. The summed E-state index contributed by atoms with van der Waals surface area (Å²) >= 11 is 0. The fraction of sp³-hybridized carbons (Fsp3) is 0.500. The molecule has 1 heterocycles. The minimum atomic E-state index is -2.32. The van der Waals surface area contributed by atoms with E-state index in [1.807, 2.05) is 12.1 Å². The van der Waals surface area contributed by atoms with Crippen molar-refractivity contribution in [1.82, 2.24) is 9.88 Å². The first kappa shape index (κ1) is 12.0. The zero-order valence-electron chi connectivity index (χ0n) is 8.44. The van der Waals surface area contributed by atoms with Gasteiger partial charge < -0.3 is 5.73 Å². The van der Waals surface area contributed by atoms with Gasteiger partial charge in [-0.25, -0.2) is 8.78 Å². The molecule has 0 aliphatic carbocycles. The zero-order valence-corrected chi connectivity index (χ0v) is 8.44. The van der Waals surface area contributed by atoms with Crippen LogP contribution in [0.5, 0.6) is 0 Å². The average Bonchev–Trinajstić information content (AvgIpc) is 2.18. The van der Waals surface area contributed by atoms with Gasteiger partial charge in [-0.05, 0) is 17.7 Å². The predicted octanol–water partition coefficient (Wildman–Crippen LogP) is 1.11. The number of hydrogen-bond acceptors (Lipinski definition) is 3. The summed E-state index contributed by atoms with van der Waals surface area (Å²) in [6, 6.07) is 3.63. The molecule has 0 aliphatic heterocycles. The quantitative estimate of drug-likeness (QED) is 0.773. The second kappa shape index (κ2) is 6.42. The van der Waals surface area contributed by atoms with E-state index in [-0.39, 0.29) is 6.54 Å². The van der Waals surface area contributed by atoms with Gasteiger partial charge in [0.05, 0.1) is 6.54 Å². The number of alkyl halides is 2. The van der Waals surface area contributed by atoms with Crippen LogP contribution in [0.4, 0.5) is 8.78 Å². The normalized spacial score (nSPS) is 11.3. The Labute approximate surface area is 87.9 Å². The molecular weight excluding hydrogens is 200 g/mol. The molecule has 15 heavy (non-hydrogen) atoms. The van der Waals surface area contributed by atoms with Gasteiger partial charge in [-0.15, -0.1) is 0 Å². The van der Waals surface area contributed by atoms with Crippen LogP contribution in [-0.4, -0.2) is 35.9 Å². The van der Waals surface area contributed by atoms with Gasteiger partial charge in [0.25, 0.3) is 6.43 Å². The highest BCUT2D eigenvalue weighted by atomic mass is 19.3. The molecule has 0 aliphatic rings. The molecule has 0 saturated carbocycles. The maximum atomic E-state index is 12.2. The third kappa shape index (κ3) is 4.80. The highest BCUT2D eigenvalue weighted by Gasteiger charge is 2.11. The van der Waals surface area contributed by atoms with Gasteiger partial charge in [-0.1, -0.05) is 0 Å². The summed E-state index contributed by atoms with van der Waals surface area (Å²) < 4.78 is 24.4. The van der Waals surface area contributed by atoms with Crippen LogP contribution in [0, 0.1) is 0 Å². The van der Waals surface area contributed by atoms with Crippen LogP contribution in [0.2, 0.25) is 0 Å². The molecule has 0 fully saturated rings. The summed E-state index contributed by atoms with van der Waals surface area (Å²) in [5, 5.41) is 0. The van der Waals surface area contributed by atoms with Crippen molar-refractivity contribution >= 4 is 0 Å². The lowest BCUT2D eigenvalue weighted by Gasteiger charge is -2.20. The van der Waals surface area contributed by atoms with Crippen LogP contribution in [0.15, 0.2) is 24.5 Å². The molecule has 0 spiro atoms. The molecule has 0 atom stereocenters. The Balaban J connectivity index is 2.50. The maximum absolute atomic E-state index is 12.2. The molecular formula is C10H15F2N3. The summed E-state index contributed by atoms with van der Waals surface area (Å²) in [5.41, 5.74) is 6.33. The largest absolute Gasteiger partial charge is 0.329 e. The van der Waals surface area contributed by atoms with Crippen molar-refractivity contribution < 1.29 is 8.78 Å². The van der Waals surface area contributed by atoms with Crippen molar-refractivity contribution in [2.75, 3.05) is 19.6 Å². The van der Waals surface area contributed by atoms with Gasteiger partial charge >= 0.3 is 0 Å². The third-order valence-corrected chi connectivity index (χ3v) is 2.00. The molecule has 0 saturated heterocycles. The molecule has 2 N–H and O–H groups in total. The van der Waals surface area contributed by atoms with Crippen molar-refractivity contribution in [1.29, 1.82) is 0 Å². The van der Waals surface area contributed by atoms with Gasteiger partial charge in [0.1, 0.15) is 0 Å². The van der Waals surface area contributed by atoms with Crippen LogP contribution in [-0.2, 0) is 6.54 Å². The SMILES string of the molecule is NCCN(Cc1ccncc1)CC(F)F. The monoisotopic (exact) mass is 215 g/mol. The molecule has 5 heteroatoms. The average molecular weight is 215 g/mol. The second-order valence-electron chi connectivity index (χ2n) is 3.27. The van der Waals surface area contributed by atoms with Crippen molar-refractivity contribution in [3.05, 3.63) is 30.1 Å². The lowest BCUT2D eigenvalue weighted by Crippen LogP contribution is -2.33. The summed E-state index contributed by atoms with van der Waals surface area (Å²) in [7, 11) is 0. The molecule has 0 amide bonds. The van der Waals surface area contributed by atoms with E-state index in [0.29, 0.717) is 19.6 Å². The highest BCUT2D eigenvalue weighted by molar-refractivity contribution is 5.09. The van der Waals surface area contributed by atoms with E-state index in [1.165, 1.54) is 0 Å². The first-order valence-electron chi connectivity index (χ1n) is 4.82. The van der Waals surface area contributed by atoms with Crippen LogP contribution in [0.3, 0.4) is 0 Å². The number of hydrogen-bond donors (Lipinski definition) is 1. The van der Waals surface area contributed by atoms with Crippen molar-refractivity contribution in [3.63, 3.8) is 0 Å². The van der Waals surface area contributed by atoms with Gasteiger partial charge in [0.15, 0.2) is 0 Å². The van der Waals surface area contributed by atoms with Gasteiger partial charge in [-0.2, -0.15) is 0 Å². The highest BCUT2D eigenvalue weighted by Crippen LogP contribution is 2.05. The molecule has 1 aromatic rings. The van der Waals surface area contributed by atoms with E-state index in [9.17, 15) is 8.78 Å². The first-order valence-corrected chi connectivity index (χ1v) is 4.82. The van der Waals surface area contributed by atoms with Crippen molar-refractivity contribution in [3.8, 4) is 0 Å². The fourth-order valence-electron chi connectivity index (χ4n) is 1.36. The topological polar surface area (TPSA) is 42.1 Å². The Morgan fingerprint density at radius 2 is 2.00 bits per heavy atom. The Morgan fingerprint density at radius 3 is 2.53 bits per heavy atom. The Kier molecular flexibility index (Phi) is 5.14. The number of rotatable bonds is 6. The molecule has 3 nitrogen and oxygen atoms in total. The van der Waals surface area contributed by atoms with Crippen molar-refractivity contribution in [2.45, 2.75) is 13.0 Å². The standard InChI is InChI=1S/C10H15F2N3/c11-10(12)8-15(6-3-13)7-9-1-4-14-5-2-9/h1-2,4-5,10H,3,6-8,13H2. The van der Waals surface area contributed by atoms with E-state index in [4.69, 9.17) is 5.73 Å². The van der Waals surface area contributed by atoms with Crippen LogP contribution in [0.1, 0.15) is 5.56 Å². The van der Waals surface area contributed by atoms with Crippen molar-refractivity contribution in [2.24, 2.45) is 5.73 Å².